The summed E-state index contributed by atoms with van der Waals surface area (Å²) in [5.41, 5.74) is 1.24. The van der Waals surface area contributed by atoms with Crippen LogP contribution in [0.2, 0.25) is 0 Å². The highest BCUT2D eigenvalue weighted by atomic mass is 16.5. The zero-order valence-electron chi connectivity index (χ0n) is 10.7. The van der Waals surface area contributed by atoms with Crippen molar-refractivity contribution in [2.24, 2.45) is 0 Å². The Hall–Kier alpha value is -1.97. The molecule has 4 heteroatoms. The summed E-state index contributed by atoms with van der Waals surface area (Å²) in [6, 6.07) is 7.82. The van der Waals surface area contributed by atoms with Crippen LogP contribution in [0.4, 0.5) is 4.79 Å². The highest BCUT2D eigenvalue weighted by Crippen LogP contribution is 2.12. The summed E-state index contributed by atoms with van der Waals surface area (Å²) >= 11 is 0. The van der Waals surface area contributed by atoms with Crippen LogP contribution in [0, 0.1) is 0 Å². The van der Waals surface area contributed by atoms with E-state index in [-0.39, 0.29) is 6.03 Å². The number of amides is 2. The van der Waals surface area contributed by atoms with E-state index in [4.69, 9.17) is 4.74 Å². The minimum absolute atomic E-state index is 0.148. The standard InChI is InChI=1S/C14H20N2O2/c1-3-10-15-14(17)16-11-4-5-12-6-8-13(18-2)9-7-12/h3,6-9H,1,4-5,10-11H2,2H3,(H2,15,16,17). The zero-order chi connectivity index (χ0) is 13.2. The smallest absolute Gasteiger partial charge is 0.315 e. The van der Waals surface area contributed by atoms with E-state index in [2.05, 4.69) is 17.2 Å². The Labute approximate surface area is 108 Å². The summed E-state index contributed by atoms with van der Waals surface area (Å²) in [5.74, 6) is 0.862. The number of nitrogens with one attached hydrogen (secondary N) is 2. The first-order valence-electron chi connectivity index (χ1n) is 6.02. The largest absolute Gasteiger partial charge is 0.497 e. The van der Waals surface area contributed by atoms with Gasteiger partial charge in [-0.2, -0.15) is 0 Å². The van der Waals surface area contributed by atoms with Crippen LogP contribution in [0.1, 0.15) is 12.0 Å². The molecule has 0 saturated carbocycles. The van der Waals surface area contributed by atoms with Gasteiger partial charge < -0.3 is 15.4 Å². The van der Waals surface area contributed by atoms with Gasteiger partial charge in [-0.15, -0.1) is 6.58 Å². The normalized spacial score (nSPS) is 9.61. The summed E-state index contributed by atoms with van der Waals surface area (Å²) < 4.78 is 5.09. The molecule has 0 aliphatic heterocycles. The molecular formula is C14H20N2O2. The third-order valence-electron chi connectivity index (χ3n) is 2.49. The first kappa shape index (κ1) is 14.1. The van der Waals surface area contributed by atoms with E-state index in [1.807, 2.05) is 24.3 Å². The molecule has 0 saturated heterocycles. The molecule has 1 rings (SSSR count). The van der Waals surface area contributed by atoms with Crippen LogP contribution >= 0.6 is 0 Å². The molecule has 0 unspecified atom stereocenters. The van der Waals surface area contributed by atoms with E-state index in [1.165, 1.54) is 5.56 Å². The second kappa shape index (κ2) is 8.17. The minimum atomic E-state index is -0.148. The van der Waals surface area contributed by atoms with Gasteiger partial charge in [0.25, 0.3) is 0 Å². The number of hydrogen-bond donors (Lipinski definition) is 2. The van der Waals surface area contributed by atoms with Crippen LogP contribution < -0.4 is 15.4 Å². The van der Waals surface area contributed by atoms with Crippen molar-refractivity contribution in [1.29, 1.82) is 0 Å². The van der Waals surface area contributed by atoms with Gasteiger partial charge in [-0.3, -0.25) is 0 Å². The maximum Gasteiger partial charge on any atom is 0.315 e. The van der Waals surface area contributed by atoms with Gasteiger partial charge in [0.2, 0.25) is 0 Å². The lowest BCUT2D eigenvalue weighted by Crippen LogP contribution is -2.36. The van der Waals surface area contributed by atoms with Crippen molar-refractivity contribution in [3.8, 4) is 5.75 Å². The Morgan fingerprint density at radius 3 is 2.67 bits per heavy atom. The molecule has 0 radical (unpaired) electrons. The fourth-order valence-corrected chi connectivity index (χ4v) is 1.51. The van der Waals surface area contributed by atoms with Gasteiger partial charge in [0.05, 0.1) is 7.11 Å². The monoisotopic (exact) mass is 248 g/mol. The Morgan fingerprint density at radius 2 is 2.06 bits per heavy atom. The molecular weight excluding hydrogens is 228 g/mol. The summed E-state index contributed by atoms with van der Waals surface area (Å²) in [4.78, 5) is 11.2. The number of ether oxygens (including phenoxy) is 1. The second-order valence-electron chi connectivity index (χ2n) is 3.88. The van der Waals surface area contributed by atoms with Crippen molar-refractivity contribution in [1.82, 2.24) is 10.6 Å². The zero-order valence-corrected chi connectivity index (χ0v) is 10.7. The first-order chi connectivity index (χ1) is 8.76. The van der Waals surface area contributed by atoms with E-state index in [0.717, 1.165) is 18.6 Å². The van der Waals surface area contributed by atoms with E-state index in [9.17, 15) is 4.79 Å². The summed E-state index contributed by atoms with van der Waals surface area (Å²) in [6.07, 6.45) is 3.50. The number of urea groups is 1. The van der Waals surface area contributed by atoms with Crippen LogP contribution in [0.25, 0.3) is 0 Å². The van der Waals surface area contributed by atoms with Crippen molar-refractivity contribution in [2.45, 2.75) is 12.8 Å². The maximum absolute atomic E-state index is 11.2. The van der Waals surface area contributed by atoms with Crippen molar-refractivity contribution in [3.63, 3.8) is 0 Å². The molecule has 0 heterocycles. The third-order valence-corrected chi connectivity index (χ3v) is 2.49. The Balaban J connectivity index is 2.17. The minimum Gasteiger partial charge on any atom is -0.497 e. The maximum atomic E-state index is 11.2. The molecule has 2 amide bonds. The molecule has 0 aliphatic rings. The second-order valence-corrected chi connectivity index (χ2v) is 3.88. The third kappa shape index (κ3) is 5.39. The van der Waals surface area contributed by atoms with E-state index < -0.39 is 0 Å². The van der Waals surface area contributed by atoms with Crippen LogP contribution in [0.15, 0.2) is 36.9 Å². The highest BCUT2D eigenvalue weighted by Gasteiger charge is 1.98. The Bertz CT molecular complexity index is 374. The number of benzene rings is 1. The molecule has 0 aromatic heterocycles. The lowest BCUT2D eigenvalue weighted by molar-refractivity contribution is 0.242. The lowest BCUT2D eigenvalue weighted by Gasteiger charge is -2.06. The van der Waals surface area contributed by atoms with Gasteiger partial charge >= 0.3 is 6.03 Å². The van der Waals surface area contributed by atoms with Crippen molar-refractivity contribution < 1.29 is 9.53 Å². The van der Waals surface area contributed by atoms with Crippen LogP contribution in [0.3, 0.4) is 0 Å². The molecule has 1 aromatic carbocycles. The van der Waals surface area contributed by atoms with Gasteiger partial charge in [-0.1, -0.05) is 18.2 Å². The van der Waals surface area contributed by atoms with Gasteiger partial charge in [-0.05, 0) is 30.5 Å². The Kier molecular flexibility index (Phi) is 6.40. The molecule has 4 nitrogen and oxygen atoms in total. The SMILES string of the molecule is C=CCNC(=O)NCCCc1ccc(OC)cc1. The summed E-state index contributed by atoms with van der Waals surface area (Å²) in [7, 11) is 1.65. The number of hydrogen-bond acceptors (Lipinski definition) is 2. The number of carbonyl (C=O) groups excluding carboxylic acids is 1. The number of carbonyl (C=O) groups is 1. The molecule has 98 valence electrons. The van der Waals surface area contributed by atoms with Crippen LogP contribution in [0.5, 0.6) is 5.75 Å². The number of methoxy groups -OCH3 is 1. The van der Waals surface area contributed by atoms with Gasteiger partial charge in [0.15, 0.2) is 0 Å². The number of aryl methyl sites for hydroxylation is 1. The van der Waals surface area contributed by atoms with Gasteiger partial charge in [-0.25, -0.2) is 4.79 Å². The quantitative estimate of drug-likeness (QED) is 0.573. The first-order valence-corrected chi connectivity index (χ1v) is 6.02. The molecule has 1 aromatic rings. The van der Waals surface area contributed by atoms with E-state index in [0.29, 0.717) is 13.1 Å². The predicted octanol–water partition coefficient (Wildman–Crippen LogP) is 2.11. The summed E-state index contributed by atoms with van der Waals surface area (Å²) in [5, 5.41) is 5.45. The fraction of sp³-hybridized carbons (Fsp3) is 0.357. The molecule has 18 heavy (non-hydrogen) atoms. The lowest BCUT2D eigenvalue weighted by atomic mass is 10.1. The highest BCUT2D eigenvalue weighted by molar-refractivity contribution is 5.73. The van der Waals surface area contributed by atoms with E-state index >= 15 is 0 Å². The average Bonchev–Trinajstić information content (AvgIpc) is 2.42. The van der Waals surface area contributed by atoms with Crippen molar-refractivity contribution in [2.75, 3.05) is 20.2 Å². The van der Waals surface area contributed by atoms with Gasteiger partial charge in [0.1, 0.15) is 5.75 Å². The van der Waals surface area contributed by atoms with Crippen molar-refractivity contribution >= 4 is 6.03 Å². The average molecular weight is 248 g/mol. The van der Waals surface area contributed by atoms with Gasteiger partial charge in [0, 0.05) is 13.1 Å². The molecule has 0 aliphatic carbocycles. The molecule has 0 atom stereocenters. The van der Waals surface area contributed by atoms with Crippen LogP contribution in [-0.2, 0) is 6.42 Å². The fourth-order valence-electron chi connectivity index (χ4n) is 1.51. The molecule has 2 N–H and O–H groups in total. The predicted molar refractivity (Wildman–Crippen MR) is 72.9 cm³/mol. The number of rotatable bonds is 7. The molecule has 0 fully saturated rings. The summed E-state index contributed by atoms with van der Waals surface area (Å²) in [6.45, 7) is 4.68. The molecule has 0 bridgehead atoms. The topological polar surface area (TPSA) is 50.4 Å². The van der Waals surface area contributed by atoms with Crippen molar-refractivity contribution in [3.05, 3.63) is 42.5 Å². The molecule has 0 spiro atoms. The Morgan fingerprint density at radius 1 is 1.33 bits per heavy atom. The van der Waals surface area contributed by atoms with E-state index in [1.54, 1.807) is 13.2 Å². The van der Waals surface area contributed by atoms with Crippen LogP contribution in [-0.4, -0.2) is 26.2 Å².